The normalized spacial score (nSPS) is 11.9. The monoisotopic (exact) mass is 506 g/mol. The van der Waals surface area contributed by atoms with Crippen LogP contribution in [0.3, 0.4) is 0 Å². The lowest BCUT2D eigenvalue weighted by atomic mass is 9.95. The Morgan fingerprint density at radius 3 is 2.26 bits per heavy atom. The fourth-order valence-electron chi connectivity index (χ4n) is 3.03. The summed E-state index contributed by atoms with van der Waals surface area (Å²) in [6, 6.07) is 5.87. The number of carbonyl (C=O) groups is 2. The number of anilines is 2. The largest absolute Gasteiger partial charge is 0.481 e. The van der Waals surface area contributed by atoms with Gasteiger partial charge in [0.25, 0.3) is 0 Å². The second-order valence-corrected chi connectivity index (χ2v) is 12.6. The Hall–Kier alpha value is -2.32. The first-order valence-electron chi connectivity index (χ1n) is 11.1. The standard InChI is InChI=1S/C25H35ClN4O3S/c1-24(2,3)23(33)27-17-10-9-15(16(11-17)14-34-25(4,5)6)12-19-28-21(26)18(13-20(31)32)22(29-19)30(7)8/h9-11H,12-14H2,1-8H3,(H,27,33)(H,31,32). The van der Waals surface area contributed by atoms with Gasteiger partial charge >= 0.3 is 5.97 Å². The second kappa shape index (κ2) is 11.0. The van der Waals surface area contributed by atoms with E-state index in [1.54, 1.807) is 19.0 Å². The molecule has 0 aliphatic heterocycles. The highest BCUT2D eigenvalue weighted by Crippen LogP contribution is 2.31. The molecule has 0 unspecified atom stereocenters. The van der Waals surface area contributed by atoms with E-state index in [-0.39, 0.29) is 22.2 Å². The first kappa shape index (κ1) is 27.9. The molecule has 2 aromatic rings. The number of hydrogen-bond donors (Lipinski definition) is 2. The van der Waals surface area contributed by atoms with Crippen molar-refractivity contribution in [1.29, 1.82) is 0 Å². The van der Waals surface area contributed by atoms with Crippen LogP contribution in [0.25, 0.3) is 0 Å². The lowest BCUT2D eigenvalue weighted by Gasteiger charge is -2.21. The smallest absolute Gasteiger partial charge is 0.308 e. The van der Waals surface area contributed by atoms with Crippen molar-refractivity contribution < 1.29 is 14.7 Å². The molecule has 0 radical (unpaired) electrons. The number of benzene rings is 1. The highest BCUT2D eigenvalue weighted by Gasteiger charge is 2.22. The van der Waals surface area contributed by atoms with Crippen molar-refractivity contribution in [3.05, 3.63) is 45.9 Å². The number of carbonyl (C=O) groups excluding carboxylic acids is 1. The van der Waals surface area contributed by atoms with Gasteiger partial charge < -0.3 is 15.3 Å². The fourth-order valence-corrected chi connectivity index (χ4v) is 4.14. The molecule has 0 atom stereocenters. The van der Waals surface area contributed by atoms with E-state index in [0.717, 1.165) is 22.6 Å². The quantitative estimate of drug-likeness (QED) is 0.461. The Morgan fingerprint density at radius 1 is 1.09 bits per heavy atom. The van der Waals surface area contributed by atoms with Gasteiger partial charge in [-0.25, -0.2) is 9.97 Å². The lowest BCUT2D eigenvalue weighted by Crippen LogP contribution is -2.27. The number of aliphatic carboxylic acids is 1. The van der Waals surface area contributed by atoms with Crippen molar-refractivity contribution >= 4 is 46.7 Å². The summed E-state index contributed by atoms with van der Waals surface area (Å²) in [4.78, 5) is 34.5. The molecule has 2 rings (SSSR count). The van der Waals surface area contributed by atoms with Crippen molar-refractivity contribution in [3.63, 3.8) is 0 Å². The van der Waals surface area contributed by atoms with Gasteiger partial charge in [-0.2, -0.15) is 11.8 Å². The van der Waals surface area contributed by atoms with Gasteiger partial charge in [0.15, 0.2) is 0 Å². The molecule has 34 heavy (non-hydrogen) atoms. The van der Waals surface area contributed by atoms with Gasteiger partial charge in [-0.1, -0.05) is 59.2 Å². The Balaban J connectivity index is 2.45. The van der Waals surface area contributed by atoms with E-state index in [1.165, 1.54) is 0 Å². The topological polar surface area (TPSA) is 95.4 Å². The molecule has 2 N–H and O–H groups in total. The predicted octanol–water partition coefficient (Wildman–Crippen LogP) is 5.43. The lowest BCUT2D eigenvalue weighted by molar-refractivity contribution is -0.136. The minimum atomic E-state index is -0.990. The van der Waals surface area contributed by atoms with Crippen LogP contribution in [-0.2, 0) is 28.2 Å². The molecule has 0 aliphatic rings. The number of hydrogen-bond acceptors (Lipinski definition) is 6. The van der Waals surface area contributed by atoms with E-state index in [4.69, 9.17) is 11.6 Å². The summed E-state index contributed by atoms with van der Waals surface area (Å²) in [7, 11) is 3.60. The number of nitrogens with one attached hydrogen (secondary N) is 1. The summed E-state index contributed by atoms with van der Waals surface area (Å²) >= 11 is 8.19. The SMILES string of the molecule is CN(C)c1nc(Cc2ccc(NC(=O)C(C)(C)C)cc2CSC(C)(C)C)nc(Cl)c1CC(=O)O. The van der Waals surface area contributed by atoms with Gasteiger partial charge in [-0.3, -0.25) is 9.59 Å². The van der Waals surface area contributed by atoms with E-state index in [0.29, 0.717) is 23.6 Å². The summed E-state index contributed by atoms with van der Waals surface area (Å²) in [5.41, 5.74) is 2.75. The fraction of sp³-hybridized carbons (Fsp3) is 0.520. The van der Waals surface area contributed by atoms with Crippen molar-refractivity contribution in [1.82, 2.24) is 9.97 Å². The van der Waals surface area contributed by atoms with Crippen LogP contribution in [0.2, 0.25) is 5.15 Å². The average Bonchev–Trinajstić information content (AvgIpc) is 2.68. The van der Waals surface area contributed by atoms with Crippen LogP contribution < -0.4 is 10.2 Å². The Kier molecular flexibility index (Phi) is 8.99. The van der Waals surface area contributed by atoms with Gasteiger partial charge in [0.2, 0.25) is 5.91 Å². The number of carboxylic acids is 1. The Morgan fingerprint density at radius 2 is 1.74 bits per heavy atom. The molecule has 1 amide bonds. The molecule has 7 nitrogen and oxygen atoms in total. The molecule has 0 aliphatic carbocycles. The van der Waals surface area contributed by atoms with Crippen molar-refractivity contribution in [2.75, 3.05) is 24.3 Å². The zero-order chi connectivity index (χ0) is 25.8. The predicted molar refractivity (Wildman–Crippen MR) is 141 cm³/mol. The van der Waals surface area contributed by atoms with E-state index in [2.05, 4.69) is 36.1 Å². The molecule has 0 saturated heterocycles. The van der Waals surface area contributed by atoms with Crippen LogP contribution >= 0.6 is 23.4 Å². The van der Waals surface area contributed by atoms with Crippen LogP contribution in [0.15, 0.2) is 18.2 Å². The van der Waals surface area contributed by atoms with Crippen LogP contribution in [-0.4, -0.2) is 45.8 Å². The number of halogens is 1. The molecular weight excluding hydrogens is 472 g/mol. The molecule has 9 heteroatoms. The molecule has 0 fully saturated rings. The van der Waals surface area contributed by atoms with Crippen molar-refractivity contribution in [3.8, 4) is 0 Å². The highest BCUT2D eigenvalue weighted by molar-refractivity contribution is 7.99. The third kappa shape index (κ3) is 8.17. The first-order valence-corrected chi connectivity index (χ1v) is 12.4. The molecule has 1 aromatic carbocycles. The zero-order valence-electron chi connectivity index (χ0n) is 21.2. The van der Waals surface area contributed by atoms with E-state index < -0.39 is 11.4 Å². The van der Waals surface area contributed by atoms with Gasteiger partial charge in [-0.15, -0.1) is 0 Å². The van der Waals surface area contributed by atoms with E-state index in [1.807, 2.05) is 50.7 Å². The van der Waals surface area contributed by atoms with Crippen molar-refractivity contribution in [2.24, 2.45) is 5.41 Å². The first-order chi connectivity index (χ1) is 15.6. The minimum absolute atomic E-state index is 0.0468. The number of aromatic nitrogens is 2. The molecule has 0 bridgehead atoms. The number of thioether (sulfide) groups is 1. The maximum Gasteiger partial charge on any atom is 0.308 e. The van der Waals surface area contributed by atoms with Crippen molar-refractivity contribution in [2.45, 2.75) is 64.9 Å². The Labute approximate surface area is 211 Å². The number of rotatable bonds is 8. The van der Waals surface area contributed by atoms with Gasteiger partial charge in [0.1, 0.15) is 16.8 Å². The van der Waals surface area contributed by atoms with Crippen LogP contribution in [0.1, 0.15) is 64.1 Å². The molecule has 186 valence electrons. The number of nitrogens with zero attached hydrogens (tertiary/aromatic N) is 3. The van der Waals surface area contributed by atoms with Gasteiger partial charge in [-0.05, 0) is 23.3 Å². The van der Waals surface area contributed by atoms with Crippen LogP contribution in [0, 0.1) is 5.41 Å². The molecule has 1 aromatic heterocycles. The maximum absolute atomic E-state index is 12.5. The summed E-state index contributed by atoms with van der Waals surface area (Å²) in [5.74, 6) is 0.724. The van der Waals surface area contributed by atoms with E-state index >= 15 is 0 Å². The van der Waals surface area contributed by atoms with Crippen LogP contribution in [0.5, 0.6) is 0 Å². The summed E-state index contributed by atoms with van der Waals surface area (Å²) < 4.78 is 0.0678. The maximum atomic E-state index is 12.5. The summed E-state index contributed by atoms with van der Waals surface area (Å²) in [6.45, 7) is 12.1. The molecule has 1 heterocycles. The zero-order valence-corrected chi connectivity index (χ0v) is 22.8. The minimum Gasteiger partial charge on any atom is -0.481 e. The highest BCUT2D eigenvalue weighted by atomic mass is 35.5. The molecular formula is C25H35ClN4O3S. The van der Waals surface area contributed by atoms with Gasteiger partial charge in [0.05, 0.1) is 6.42 Å². The number of amides is 1. The Bertz CT molecular complexity index is 1060. The number of carboxylic acid groups (broad SMARTS) is 1. The molecule has 0 saturated carbocycles. The summed E-state index contributed by atoms with van der Waals surface area (Å²) in [6.07, 6.45) is 0.184. The van der Waals surface area contributed by atoms with E-state index in [9.17, 15) is 14.7 Å². The average molecular weight is 507 g/mol. The van der Waals surface area contributed by atoms with Crippen LogP contribution in [0.4, 0.5) is 11.5 Å². The second-order valence-electron chi connectivity index (χ2n) is 10.5. The molecule has 0 spiro atoms. The summed E-state index contributed by atoms with van der Waals surface area (Å²) in [5, 5.41) is 12.4. The third-order valence-electron chi connectivity index (χ3n) is 4.89. The third-order valence-corrected chi connectivity index (χ3v) is 6.52. The van der Waals surface area contributed by atoms with Gasteiger partial charge in [0, 0.05) is 47.7 Å².